The van der Waals surface area contributed by atoms with Crippen molar-refractivity contribution >= 4 is 53.5 Å². The fourth-order valence-corrected chi connectivity index (χ4v) is 4.63. The second-order valence-electron chi connectivity index (χ2n) is 4.67. The van der Waals surface area contributed by atoms with Crippen molar-refractivity contribution in [1.29, 1.82) is 0 Å². The van der Waals surface area contributed by atoms with E-state index in [1.54, 1.807) is 14.2 Å². The minimum absolute atomic E-state index is 0.113. The second-order valence-corrected chi connectivity index (χ2v) is 6.82. The molecule has 0 aromatic heterocycles. The number of fused-ring (bicyclic) bond motifs is 2. The molecule has 0 spiro atoms. The monoisotopic (exact) mass is 316 g/mol. The lowest BCUT2D eigenvalue weighted by molar-refractivity contribution is 0.266. The van der Waals surface area contributed by atoms with Crippen LogP contribution in [0.3, 0.4) is 0 Å². The lowest BCUT2D eigenvalue weighted by atomic mass is 9.72. The third kappa shape index (κ3) is 2.13. The molecule has 2 bridgehead atoms. The van der Waals surface area contributed by atoms with Crippen LogP contribution in [0.2, 0.25) is 6.32 Å². The third-order valence-corrected chi connectivity index (χ3v) is 6.18. The first kappa shape index (κ1) is 14.3. The van der Waals surface area contributed by atoms with Crippen LogP contribution in [-0.2, 0) is 9.31 Å². The van der Waals surface area contributed by atoms with Gasteiger partial charge in [0.2, 0.25) is 0 Å². The summed E-state index contributed by atoms with van der Waals surface area (Å²) in [4.78, 5) is -1.26. The number of rotatable bonds is 4. The van der Waals surface area contributed by atoms with E-state index in [9.17, 15) is 0 Å². The zero-order valence-corrected chi connectivity index (χ0v) is 12.6. The highest BCUT2D eigenvalue weighted by molar-refractivity contribution is 6.51. The van der Waals surface area contributed by atoms with Crippen LogP contribution < -0.4 is 0 Å². The van der Waals surface area contributed by atoms with E-state index in [1.165, 1.54) is 0 Å². The van der Waals surface area contributed by atoms with E-state index >= 15 is 0 Å². The van der Waals surface area contributed by atoms with Crippen LogP contribution >= 0.6 is 46.4 Å². The predicted molar refractivity (Wildman–Crippen MR) is 73.2 cm³/mol. The minimum atomic E-state index is -0.657. The normalized spacial score (nSPS) is 40.2. The molecule has 0 N–H and O–H groups in total. The Morgan fingerprint density at radius 1 is 1.24 bits per heavy atom. The van der Waals surface area contributed by atoms with Gasteiger partial charge in [-0.05, 0) is 25.1 Å². The van der Waals surface area contributed by atoms with Crippen molar-refractivity contribution in [2.24, 2.45) is 5.92 Å². The fraction of sp³-hybridized carbons (Fsp3) is 0.800. The topological polar surface area (TPSA) is 18.5 Å². The van der Waals surface area contributed by atoms with Crippen LogP contribution in [-0.4, -0.2) is 31.1 Å². The van der Waals surface area contributed by atoms with E-state index < -0.39 is 9.75 Å². The van der Waals surface area contributed by atoms with E-state index in [0.717, 1.165) is 0 Å². The molecular formula is C10H13BCl4O2. The minimum Gasteiger partial charge on any atom is -0.414 e. The van der Waals surface area contributed by atoms with E-state index in [4.69, 9.17) is 55.7 Å². The Morgan fingerprint density at radius 2 is 1.82 bits per heavy atom. The largest absolute Gasteiger partial charge is 0.456 e. The molecule has 1 saturated carbocycles. The zero-order chi connectivity index (χ0) is 12.8. The van der Waals surface area contributed by atoms with E-state index in [1.807, 2.05) is 0 Å². The summed E-state index contributed by atoms with van der Waals surface area (Å²) in [6.07, 6.45) is 1.94. The van der Waals surface area contributed by atoms with E-state index in [2.05, 4.69) is 0 Å². The Hall–Kier alpha value is 0.885. The van der Waals surface area contributed by atoms with Gasteiger partial charge in [-0.15, -0.1) is 23.2 Å². The third-order valence-electron chi connectivity index (χ3n) is 3.71. The summed E-state index contributed by atoms with van der Waals surface area (Å²) >= 11 is 25.4. The van der Waals surface area contributed by atoms with E-state index in [-0.39, 0.29) is 13.0 Å². The molecule has 2 rings (SSSR count). The van der Waals surface area contributed by atoms with Crippen molar-refractivity contribution in [2.45, 2.75) is 28.9 Å². The zero-order valence-electron chi connectivity index (χ0n) is 9.60. The molecule has 0 aliphatic heterocycles. The molecule has 17 heavy (non-hydrogen) atoms. The molecule has 0 aromatic rings. The quantitative estimate of drug-likeness (QED) is 0.579. The molecule has 2 aliphatic rings. The molecule has 2 nitrogen and oxygen atoms in total. The summed E-state index contributed by atoms with van der Waals surface area (Å²) < 4.78 is 10.4. The lowest BCUT2D eigenvalue weighted by Crippen LogP contribution is -2.33. The highest BCUT2D eigenvalue weighted by atomic mass is 35.5. The molecule has 1 fully saturated rings. The van der Waals surface area contributed by atoms with Crippen molar-refractivity contribution in [2.75, 3.05) is 14.2 Å². The summed E-state index contributed by atoms with van der Waals surface area (Å²) in [5.41, 5.74) is 0. The lowest BCUT2D eigenvalue weighted by Gasteiger charge is -2.31. The molecule has 3 atom stereocenters. The van der Waals surface area contributed by atoms with Crippen molar-refractivity contribution in [3.8, 4) is 0 Å². The molecule has 0 amide bonds. The van der Waals surface area contributed by atoms with Crippen molar-refractivity contribution < 1.29 is 9.31 Å². The molecule has 0 aromatic carbocycles. The van der Waals surface area contributed by atoms with E-state index in [0.29, 0.717) is 29.2 Å². The number of halogens is 4. The first-order chi connectivity index (χ1) is 7.87. The second kappa shape index (κ2) is 4.77. The maximum atomic E-state index is 6.59. The van der Waals surface area contributed by atoms with Gasteiger partial charge in [-0.1, -0.05) is 23.2 Å². The summed E-state index contributed by atoms with van der Waals surface area (Å²) in [5, 5.41) is 0.983. The number of alkyl halides is 2. The van der Waals surface area contributed by atoms with Gasteiger partial charge in [0, 0.05) is 14.2 Å². The Balaban J connectivity index is 2.20. The molecular weight excluding hydrogens is 305 g/mol. The smallest absolute Gasteiger partial charge is 0.414 e. The fourth-order valence-electron chi connectivity index (χ4n) is 2.77. The SMILES string of the molecule is COB(CC1CC2(Cl)CC1(Cl)C(Cl)=C2Cl)OC. The van der Waals surface area contributed by atoms with Crippen molar-refractivity contribution in [1.82, 2.24) is 0 Å². The predicted octanol–water partition coefficient (Wildman–Crippen LogP) is 3.84. The van der Waals surface area contributed by atoms with Gasteiger partial charge in [0.25, 0.3) is 0 Å². The average molecular weight is 318 g/mol. The van der Waals surface area contributed by atoms with Gasteiger partial charge in [0.1, 0.15) is 0 Å². The Morgan fingerprint density at radius 3 is 2.24 bits per heavy atom. The number of hydrogen-bond donors (Lipinski definition) is 0. The van der Waals surface area contributed by atoms with Gasteiger partial charge in [0.05, 0.1) is 19.8 Å². The van der Waals surface area contributed by atoms with Gasteiger partial charge in [-0.3, -0.25) is 0 Å². The van der Waals surface area contributed by atoms with Crippen LogP contribution in [0.1, 0.15) is 12.8 Å². The van der Waals surface area contributed by atoms with Crippen LogP contribution in [0.5, 0.6) is 0 Å². The molecule has 7 heteroatoms. The Bertz CT molecular complexity index is 360. The van der Waals surface area contributed by atoms with Crippen molar-refractivity contribution in [3.05, 3.63) is 10.1 Å². The summed E-state index contributed by atoms with van der Waals surface area (Å²) in [7, 11) is 2.91. The maximum absolute atomic E-state index is 6.59. The highest BCUT2D eigenvalue weighted by Gasteiger charge is 2.63. The summed E-state index contributed by atoms with van der Waals surface area (Å²) in [6.45, 7) is 0. The molecule has 0 radical (unpaired) electrons. The standard InChI is InChI=1S/C10H13BCl4O2/c1-16-11(17-2)4-6-3-9(14)5-10(6,15)8(13)7(9)12/h6H,3-5H2,1-2H3. The van der Waals surface area contributed by atoms with Gasteiger partial charge in [-0.2, -0.15) is 0 Å². The molecule has 96 valence electrons. The first-order valence-electron chi connectivity index (χ1n) is 5.37. The maximum Gasteiger partial charge on any atom is 0.456 e. The Kier molecular flexibility index (Phi) is 4.01. The number of allylic oxidation sites excluding steroid dienone is 2. The molecule has 2 aliphatic carbocycles. The van der Waals surface area contributed by atoms with Crippen LogP contribution in [0.25, 0.3) is 0 Å². The molecule has 3 unspecified atom stereocenters. The first-order valence-corrected chi connectivity index (χ1v) is 6.88. The average Bonchev–Trinajstić information content (AvgIpc) is 2.65. The van der Waals surface area contributed by atoms with Gasteiger partial charge in [-0.25, -0.2) is 0 Å². The van der Waals surface area contributed by atoms with Gasteiger partial charge < -0.3 is 9.31 Å². The molecule has 0 saturated heterocycles. The van der Waals surface area contributed by atoms with Gasteiger partial charge in [0.15, 0.2) is 0 Å². The summed E-state index contributed by atoms with van der Waals surface area (Å²) in [6, 6.07) is 0. The number of hydrogen-bond acceptors (Lipinski definition) is 2. The summed E-state index contributed by atoms with van der Waals surface area (Å²) in [5.74, 6) is 0.113. The van der Waals surface area contributed by atoms with Crippen LogP contribution in [0.4, 0.5) is 0 Å². The van der Waals surface area contributed by atoms with Crippen LogP contribution in [0.15, 0.2) is 10.1 Å². The highest BCUT2D eigenvalue weighted by Crippen LogP contribution is 2.66. The Labute approximate surface area is 122 Å². The van der Waals surface area contributed by atoms with Gasteiger partial charge >= 0.3 is 7.12 Å². The van der Waals surface area contributed by atoms with Crippen LogP contribution in [0, 0.1) is 5.92 Å². The van der Waals surface area contributed by atoms with Crippen molar-refractivity contribution in [3.63, 3.8) is 0 Å². The molecule has 0 heterocycles.